The average molecular weight is 728 g/mol. The van der Waals surface area contributed by atoms with Gasteiger partial charge in [0.1, 0.15) is 22.6 Å². The summed E-state index contributed by atoms with van der Waals surface area (Å²) in [5.41, 5.74) is 9.76. The number of aliphatic carboxylic acids is 1. The van der Waals surface area contributed by atoms with Crippen LogP contribution in [0.25, 0.3) is 0 Å². The normalized spacial score (nSPS) is 18.2. The molecule has 0 bridgehead atoms. The van der Waals surface area contributed by atoms with Crippen molar-refractivity contribution in [2.75, 3.05) is 17.2 Å². The molecular weight excluding hydrogens is 706 g/mol. The van der Waals surface area contributed by atoms with E-state index in [-0.39, 0.29) is 74.8 Å². The molecule has 0 spiro atoms. The molecule has 6 N–H and O–H groups in total. The molecule has 240 valence electrons. The number of nitrogens with one attached hydrogen (secondary N) is 2. The summed E-state index contributed by atoms with van der Waals surface area (Å²) in [4.78, 5) is 61.4. The molecule has 22 heteroatoms. The van der Waals surface area contributed by atoms with Crippen LogP contribution in [0.5, 0.6) is 11.5 Å². The van der Waals surface area contributed by atoms with Crippen LogP contribution in [0.15, 0.2) is 55.0 Å². The number of nitrogen functional groups attached to an aromatic ring is 1. The topological polar surface area (TPSA) is 258 Å². The maximum atomic E-state index is 13.4. The second-order valence-electron chi connectivity index (χ2n) is 9.33. The maximum absolute atomic E-state index is 13.4. The number of benzene rings is 1. The van der Waals surface area contributed by atoms with Crippen molar-refractivity contribution in [1.29, 1.82) is 0 Å². The van der Waals surface area contributed by atoms with Gasteiger partial charge in [-0.15, -0.1) is 33.3 Å². The van der Waals surface area contributed by atoms with Gasteiger partial charge in [0.05, 0.1) is 17.9 Å². The number of hydrogen-bond acceptors (Lipinski definition) is 18. The van der Waals surface area contributed by atoms with Crippen molar-refractivity contribution in [2.24, 2.45) is 10.3 Å². The van der Waals surface area contributed by atoms with Gasteiger partial charge in [0.25, 0.3) is 17.7 Å². The van der Waals surface area contributed by atoms with Crippen LogP contribution in [0, 0.1) is 0 Å². The number of aromatic nitrogens is 3. The Bertz CT molecular complexity index is 1770. The summed E-state index contributed by atoms with van der Waals surface area (Å²) < 4.78 is 0.642. The SMILES string of the molecule is CC(O/N=C(\C(=O)NC1C(=O)N2C(C(=O)[O-])=C(CSc3nncs3)CS[C@H]12)c1csc(N)n1)C(=O)N/N=C/c1ccc(O)c(O)c1.[Na+]. The summed E-state index contributed by atoms with van der Waals surface area (Å²) in [5.74, 6) is -3.95. The number of phenols is 2. The first-order valence-electron chi connectivity index (χ1n) is 12.9. The van der Waals surface area contributed by atoms with Gasteiger partial charge in [-0.05, 0) is 36.3 Å². The minimum absolute atomic E-state index is 0. The first-order chi connectivity index (χ1) is 22.0. The molecule has 0 aliphatic carbocycles. The van der Waals surface area contributed by atoms with Crippen LogP contribution in [0.1, 0.15) is 18.2 Å². The number of nitrogens with zero attached hydrogens (tertiary/aromatic N) is 6. The van der Waals surface area contributed by atoms with Gasteiger partial charge < -0.3 is 36.0 Å². The third kappa shape index (κ3) is 8.41. The molecule has 5 rings (SSSR count). The van der Waals surface area contributed by atoms with E-state index in [0.717, 1.165) is 16.2 Å². The van der Waals surface area contributed by atoms with E-state index in [1.165, 1.54) is 71.6 Å². The van der Waals surface area contributed by atoms with Crippen molar-refractivity contribution in [3.8, 4) is 11.5 Å². The number of nitrogens with two attached hydrogens (primary N) is 1. The van der Waals surface area contributed by atoms with Crippen molar-refractivity contribution in [3.63, 3.8) is 0 Å². The molecule has 2 aliphatic heterocycles. The number of carboxylic acids is 1. The molecule has 0 radical (unpaired) electrons. The van der Waals surface area contributed by atoms with Gasteiger partial charge in [0.2, 0.25) is 6.10 Å². The van der Waals surface area contributed by atoms with Crippen molar-refractivity contribution in [3.05, 3.63) is 51.6 Å². The van der Waals surface area contributed by atoms with Crippen LogP contribution >= 0.6 is 46.2 Å². The molecule has 3 amide bonds. The number of thioether (sulfide) groups is 2. The Balaban J connectivity index is 0.00000500. The minimum Gasteiger partial charge on any atom is -0.543 e. The number of hydrogen-bond donors (Lipinski definition) is 5. The number of hydrazone groups is 1. The van der Waals surface area contributed by atoms with Crippen LogP contribution in [0.2, 0.25) is 0 Å². The number of β-lactam (4-membered cyclic amide) rings is 1. The zero-order valence-electron chi connectivity index (χ0n) is 24.3. The number of rotatable bonds is 12. The molecule has 1 aromatic carbocycles. The monoisotopic (exact) mass is 727 g/mol. The van der Waals surface area contributed by atoms with Crippen molar-refractivity contribution >= 4 is 86.9 Å². The Kier molecular flexibility index (Phi) is 12.2. The Hall–Kier alpha value is -3.73. The molecule has 1 saturated heterocycles. The fourth-order valence-corrected chi connectivity index (χ4v) is 7.55. The number of thiazole rings is 1. The summed E-state index contributed by atoms with van der Waals surface area (Å²) in [6, 6.07) is 2.83. The van der Waals surface area contributed by atoms with Crippen LogP contribution in [-0.4, -0.2) is 94.9 Å². The first-order valence-corrected chi connectivity index (χ1v) is 16.7. The predicted octanol–water partition coefficient (Wildman–Crippen LogP) is -3.55. The molecule has 2 unspecified atom stereocenters. The van der Waals surface area contributed by atoms with E-state index in [9.17, 15) is 34.5 Å². The number of oxime groups is 1. The van der Waals surface area contributed by atoms with E-state index >= 15 is 0 Å². The molecule has 47 heavy (non-hydrogen) atoms. The number of phenolic OH excluding ortho intramolecular Hbond substituents is 2. The van der Waals surface area contributed by atoms with Crippen LogP contribution in [-0.2, 0) is 24.0 Å². The van der Waals surface area contributed by atoms with Gasteiger partial charge in [0.15, 0.2) is 26.7 Å². The van der Waals surface area contributed by atoms with E-state index in [1.54, 1.807) is 5.51 Å². The van der Waals surface area contributed by atoms with Crippen LogP contribution < -0.4 is 51.1 Å². The summed E-state index contributed by atoms with van der Waals surface area (Å²) in [6.07, 6.45) is -0.0426. The first kappa shape index (κ1) is 36.1. The van der Waals surface area contributed by atoms with E-state index < -0.39 is 41.2 Å². The summed E-state index contributed by atoms with van der Waals surface area (Å²) in [7, 11) is 0. The zero-order chi connectivity index (χ0) is 33.0. The Labute approximate surface area is 304 Å². The molecule has 0 saturated carbocycles. The maximum Gasteiger partial charge on any atom is 1.00 e. The predicted molar refractivity (Wildman–Crippen MR) is 167 cm³/mol. The smallest absolute Gasteiger partial charge is 0.543 e. The average Bonchev–Trinajstić information content (AvgIpc) is 3.71. The summed E-state index contributed by atoms with van der Waals surface area (Å²) in [5, 5.41) is 49.6. The molecule has 1 fully saturated rings. The summed E-state index contributed by atoms with van der Waals surface area (Å²) >= 11 is 4.88. The zero-order valence-corrected chi connectivity index (χ0v) is 29.6. The van der Waals surface area contributed by atoms with Crippen LogP contribution in [0.3, 0.4) is 0 Å². The van der Waals surface area contributed by atoms with Gasteiger partial charge in [-0.1, -0.05) is 28.3 Å². The number of aromatic hydroxyl groups is 2. The van der Waals surface area contributed by atoms with Gasteiger partial charge in [0, 0.05) is 16.9 Å². The van der Waals surface area contributed by atoms with Crippen LogP contribution in [0.4, 0.5) is 5.13 Å². The number of fused-ring (bicyclic) bond motifs is 1. The Morgan fingerprint density at radius 2 is 2.09 bits per heavy atom. The molecule has 3 aromatic rings. The van der Waals surface area contributed by atoms with Gasteiger partial charge >= 0.3 is 29.6 Å². The Morgan fingerprint density at radius 1 is 1.30 bits per heavy atom. The third-order valence-electron chi connectivity index (χ3n) is 6.28. The van der Waals surface area contributed by atoms with Gasteiger partial charge in [-0.2, -0.15) is 5.10 Å². The van der Waals surface area contributed by atoms with E-state index in [0.29, 0.717) is 15.5 Å². The number of carbonyl (C=O) groups excluding carboxylic acids is 4. The molecule has 3 atom stereocenters. The van der Waals surface area contributed by atoms with Crippen molar-refractivity contribution < 1.29 is 68.9 Å². The molecule has 4 heterocycles. The number of carbonyl (C=O) groups is 4. The summed E-state index contributed by atoms with van der Waals surface area (Å²) in [6.45, 7) is 1.34. The molecular formula is C25H22N9NaO8S4. The van der Waals surface area contributed by atoms with E-state index in [4.69, 9.17) is 10.6 Å². The largest absolute Gasteiger partial charge is 1.00 e. The molecule has 2 aromatic heterocycles. The van der Waals surface area contributed by atoms with Crippen molar-refractivity contribution in [1.82, 2.24) is 30.8 Å². The quantitative estimate of drug-likeness (QED) is 0.0302. The molecule has 17 nitrogen and oxygen atoms in total. The number of carboxylic acid groups (broad SMARTS) is 1. The Morgan fingerprint density at radius 3 is 2.74 bits per heavy atom. The second-order valence-corrected chi connectivity index (χ2v) is 13.4. The van der Waals surface area contributed by atoms with E-state index in [1.807, 2.05) is 0 Å². The number of amides is 3. The minimum atomic E-state index is -1.51. The second kappa shape index (κ2) is 15.9. The van der Waals surface area contributed by atoms with E-state index in [2.05, 4.69) is 36.2 Å². The fraction of sp³-hybridized carbons (Fsp3) is 0.240. The third-order valence-corrected chi connectivity index (χ3v) is 10.2. The molecule has 2 aliphatic rings. The standard InChI is InChI=1S/C25H23N9O8S4.Na/c1-10(19(37)31-27-5-11-2-3-14(35)15(36)4-11)42-33-16(13-8-44-24(26)29-13)20(38)30-17-21(39)34-18(23(40)41)12(6-43-22(17)34)7-45-25-32-28-9-46-25;/h2-5,8-10,17,22,35-36H,6-7H2,1H3,(H2,26,29)(H,30,38)(H,31,37)(H,40,41);/q;+1/p-1/b27-5+,33-16-;/t10?,17?,22-;/m1./s1. The van der Waals surface area contributed by atoms with Gasteiger partial charge in [-0.3, -0.25) is 19.3 Å². The van der Waals surface area contributed by atoms with Crippen molar-refractivity contribution in [2.45, 2.75) is 28.8 Å². The number of anilines is 1. The van der Waals surface area contributed by atoms with Gasteiger partial charge in [-0.25, -0.2) is 10.4 Å². The fourth-order valence-electron chi connectivity index (χ4n) is 4.03.